The Hall–Kier alpha value is -0.0800. The van der Waals surface area contributed by atoms with Gasteiger partial charge in [-0.2, -0.15) is 0 Å². The SMILES string of the molecule is CCCCN(CC)C(C)C(C)CNCCC. The van der Waals surface area contributed by atoms with Crippen LogP contribution in [0.4, 0.5) is 0 Å². The predicted molar refractivity (Wildman–Crippen MR) is 73.9 cm³/mol. The minimum atomic E-state index is 0.695. The van der Waals surface area contributed by atoms with Crippen molar-refractivity contribution < 1.29 is 0 Å². The van der Waals surface area contributed by atoms with Crippen LogP contribution >= 0.6 is 0 Å². The molecule has 0 saturated carbocycles. The van der Waals surface area contributed by atoms with Gasteiger partial charge in [-0.25, -0.2) is 0 Å². The fourth-order valence-electron chi connectivity index (χ4n) is 2.05. The van der Waals surface area contributed by atoms with Crippen molar-refractivity contribution in [2.75, 3.05) is 26.2 Å². The maximum atomic E-state index is 3.52. The lowest BCUT2D eigenvalue weighted by atomic mass is 10.0. The van der Waals surface area contributed by atoms with Crippen LogP contribution in [0, 0.1) is 5.92 Å². The molecule has 0 aromatic rings. The van der Waals surface area contributed by atoms with Crippen molar-refractivity contribution >= 4 is 0 Å². The molecule has 0 fully saturated rings. The summed E-state index contributed by atoms with van der Waals surface area (Å²) in [6, 6.07) is 0.695. The molecule has 2 atom stereocenters. The molecular weight excluding hydrogens is 196 g/mol. The summed E-state index contributed by atoms with van der Waals surface area (Å²) in [5, 5.41) is 3.52. The zero-order chi connectivity index (χ0) is 12.4. The predicted octanol–water partition coefficient (Wildman–Crippen LogP) is 3.13. The summed E-state index contributed by atoms with van der Waals surface area (Å²) in [4.78, 5) is 2.61. The zero-order valence-corrected chi connectivity index (χ0v) is 12.1. The number of nitrogens with one attached hydrogen (secondary N) is 1. The van der Waals surface area contributed by atoms with E-state index in [0.29, 0.717) is 6.04 Å². The molecule has 98 valence electrons. The van der Waals surface area contributed by atoms with E-state index < -0.39 is 0 Å². The molecule has 2 heteroatoms. The van der Waals surface area contributed by atoms with Crippen LogP contribution in [0.5, 0.6) is 0 Å². The molecule has 0 aliphatic carbocycles. The first-order valence-electron chi connectivity index (χ1n) is 7.12. The second-order valence-electron chi connectivity index (χ2n) is 4.90. The van der Waals surface area contributed by atoms with Gasteiger partial charge >= 0.3 is 0 Å². The number of nitrogens with zero attached hydrogens (tertiary/aromatic N) is 1. The van der Waals surface area contributed by atoms with Gasteiger partial charge in [-0.05, 0) is 51.9 Å². The monoisotopic (exact) mass is 228 g/mol. The average Bonchev–Trinajstić information content (AvgIpc) is 2.30. The lowest BCUT2D eigenvalue weighted by Gasteiger charge is -2.32. The van der Waals surface area contributed by atoms with Gasteiger partial charge in [0.25, 0.3) is 0 Å². The lowest BCUT2D eigenvalue weighted by Crippen LogP contribution is -2.41. The van der Waals surface area contributed by atoms with Crippen LogP contribution in [0.1, 0.15) is 53.9 Å². The van der Waals surface area contributed by atoms with Crippen LogP contribution in [0.2, 0.25) is 0 Å². The smallest absolute Gasteiger partial charge is 0.0104 e. The minimum Gasteiger partial charge on any atom is -0.316 e. The van der Waals surface area contributed by atoms with E-state index in [2.05, 4.69) is 44.8 Å². The van der Waals surface area contributed by atoms with Crippen LogP contribution < -0.4 is 5.32 Å². The first kappa shape index (κ1) is 15.9. The van der Waals surface area contributed by atoms with Crippen molar-refractivity contribution in [3.63, 3.8) is 0 Å². The van der Waals surface area contributed by atoms with E-state index in [-0.39, 0.29) is 0 Å². The number of hydrogen-bond acceptors (Lipinski definition) is 2. The van der Waals surface area contributed by atoms with Crippen molar-refractivity contribution in [3.8, 4) is 0 Å². The fourth-order valence-corrected chi connectivity index (χ4v) is 2.05. The molecule has 0 aliphatic rings. The van der Waals surface area contributed by atoms with Crippen molar-refractivity contribution in [1.29, 1.82) is 0 Å². The third-order valence-corrected chi connectivity index (χ3v) is 3.50. The molecule has 0 bridgehead atoms. The molecule has 0 aromatic carbocycles. The molecule has 0 aromatic heterocycles. The van der Waals surface area contributed by atoms with Crippen molar-refractivity contribution in [3.05, 3.63) is 0 Å². The Bertz CT molecular complexity index is 148. The molecule has 16 heavy (non-hydrogen) atoms. The van der Waals surface area contributed by atoms with Crippen LogP contribution in [0.15, 0.2) is 0 Å². The Morgan fingerprint density at radius 3 is 2.25 bits per heavy atom. The first-order valence-corrected chi connectivity index (χ1v) is 7.12. The van der Waals surface area contributed by atoms with Crippen LogP contribution in [-0.4, -0.2) is 37.1 Å². The Morgan fingerprint density at radius 2 is 1.75 bits per heavy atom. The quantitative estimate of drug-likeness (QED) is 0.578. The summed E-state index contributed by atoms with van der Waals surface area (Å²) in [6.45, 7) is 16.2. The molecule has 0 radical (unpaired) electrons. The molecule has 0 amide bonds. The molecule has 0 aliphatic heterocycles. The molecule has 1 N–H and O–H groups in total. The number of rotatable bonds is 10. The highest BCUT2D eigenvalue weighted by molar-refractivity contribution is 4.73. The van der Waals surface area contributed by atoms with Gasteiger partial charge in [0.1, 0.15) is 0 Å². The molecule has 0 spiro atoms. The standard InChI is InChI=1S/C14H32N2/c1-6-9-11-16(8-3)14(5)13(4)12-15-10-7-2/h13-15H,6-12H2,1-5H3. The summed E-state index contributed by atoms with van der Waals surface area (Å²) in [6.07, 6.45) is 3.85. The molecule has 2 nitrogen and oxygen atoms in total. The van der Waals surface area contributed by atoms with E-state index in [0.717, 1.165) is 19.0 Å². The van der Waals surface area contributed by atoms with E-state index in [9.17, 15) is 0 Å². The van der Waals surface area contributed by atoms with E-state index >= 15 is 0 Å². The molecule has 0 heterocycles. The Balaban J connectivity index is 3.90. The van der Waals surface area contributed by atoms with Crippen molar-refractivity contribution in [2.45, 2.75) is 59.9 Å². The van der Waals surface area contributed by atoms with E-state index in [1.54, 1.807) is 0 Å². The minimum absolute atomic E-state index is 0.695. The third-order valence-electron chi connectivity index (χ3n) is 3.50. The van der Waals surface area contributed by atoms with Crippen LogP contribution in [0.3, 0.4) is 0 Å². The van der Waals surface area contributed by atoms with Crippen molar-refractivity contribution in [1.82, 2.24) is 10.2 Å². The average molecular weight is 228 g/mol. The van der Waals surface area contributed by atoms with Crippen LogP contribution in [0.25, 0.3) is 0 Å². The summed E-state index contributed by atoms with van der Waals surface area (Å²) in [7, 11) is 0. The summed E-state index contributed by atoms with van der Waals surface area (Å²) >= 11 is 0. The summed E-state index contributed by atoms with van der Waals surface area (Å²) < 4.78 is 0. The van der Waals surface area contributed by atoms with Crippen molar-refractivity contribution in [2.24, 2.45) is 5.92 Å². The number of unbranched alkanes of at least 4 members (excludes halogenated alkanes) is 1. The largest absolute Gasteiger partial charge is 0.316 e. The Labute approximate surface area is 103 Å². The highest BCUT2D eigenvalue weighted by Gasteiger charge is 2.17. The van der Waals surface area contributed by atoms with Gasteiger partial charge in [-0.15, -0.1) is 0 Å². The topological polar surface area (TPSA) is 15.3 Å². The fraction of sp³-hybridized carbons (Fsp3) is 1.00. The highest BCUT2D eigenvalue weighted by atomic mass is 15.1. The molecule has 2 unspecified atom stereocenters. The first-order chi connectivity index (χ1) is 7.67. The van der Waals surface area contributed by atoms with Crippen LogP contribution in [-0.2, 0) is 0 Å². The maximum absolute atomic E-state index is 3.52. The third kappa shape index (κ3) is 6.49. The van der Waals surface area contributed by atoms with Gasteiger partial charge in [0.2, 0.25) is 0 Å². The van der Waals surface area contributed by atoms with E-state index in [1.165, 1.54) is 32.4 Å². The maximum Gasteiger partial charge on any atom is 0.0104 e. The normalized spacial score (nSPS) is 15.4. The molecule has 0 saturated heterocycles. The molecule has 0 rings (SSSR count). The lowest BCUT2D eigenvalue weighted by molar-refractivity contribution is 0.165. The van der Waals surface area contributed by atoms with Gasteiger partial charge in [0.15, 0.2) is 0 Å². The Morgan fingerprint density at radius 1 is 1.06 bits per heavy atom. The second kappa shape index (κ2) is 10.1. The highest BCUT2D eigenvalue weighted by Crippen LogP contribution is 2.11. The van der Waals surface area contributed by atoms with E-state index in [1.807, 2.05) is 0 Å². The zero-order valence-electron chi connectivity index (χ0n) is 12.1. The van der Waals surface area contributed by atoms with Gasteiger partial charge in [0.05, 0.1) is 0 Å². The van der Waals surface area contributed by atoms with E-state index in [4.69, 9.17) is 0 Å². The summed E-state index contributed by atoms with van der Waals surface area (Å²) in [5.41, 5.74) is 0. The van der Waals surface area contributed by atoms with Gasteiger partial charge in [-0.1, -0.05) is 34.1 Å². The van der Waals surface area contributed by atoms with Gasteiger partial charge in [0, 0.05) is 6.04 Å². The Kier molecular flexibility index (Phi) is 10.0. The van der Waals surface area contributed by atoms with Gasteiger partial charge in [-0.3, -0.25) is 0 Å². The molecular formula is C14H32N2. The van der Waals surface area contributed by atoms with Gasteiger partial charge < -0.3 is 10.2 Å². The summed E-state index contributed by atoms with van der Waals surface area (Å²) in [5.74, 6) is 0.739. The number of hydrogen-bond donors (Lipinski definition) is 1. The second-order valence-corrected chi connectivity index (χ2v) is 4.90.